The van der Waals surface area contributed by atoms with Gasteiger partial charge in [-0.1, -0.05) is 0 Å². The van der Waals surface area contributed by atoms with Gasteiger partial charge in [-0.25, -0.2) is 0 Å². The molecule has 0 radical (unpaired) electrons. The lowest BCUT2D eigenvalue weighted by atomic mass is 10.0. The first-order valence-electron chi connectivity index (χ1n) is 6.31. The molecule has 2 atom stereocenters. The summed E-state index contributed by atoms with van der Waals surface area (Å²) in [6.07, 6.45) is 5.05. The van der Waals surface area contributed by atoms with Crippen molar-refractivity contribution in [3.8, 4) is 0 Å². The molecular weight excluding hydrogens is 204 g/mol. The van der Waals surface area contributed by atoms with Crippen LogP contribution in [0.5, 0.6) is 0 Å². The molecule has 2 N–H and O–H groups in total. The standard InChI is InChI=1S/C12H22N2O2/c1-12(5-6-13-9-12)14-11(15)8-10-4-2-3-7-16-10/h10,13H,2-9H2,1H3,(H,14,15). The van der Waals surface area contributed by atoms with Crippen molar-refractivity contribution < 1.29 is 9.53 Å². The second-order valence-electron chi connectivity index (χ2n) is 5.23. The summed E-state index contributed by atoms with van der Waals surface area (Å²) in [5, 5.41) is 6.40. The number of carbonyl (C=O) groups excluding carboxylic acids is 1. The Labute approximate surface area is 97.1 Å². The van der Waals surface area contributed by atoms with Crippen molar-refractivity contribution in [3.63, 3.8) is 0 Å². The highest BCUT2D eigenvalue weighted by molar-refractivity contribution is 5.77. The maximum absolute atomic E-state index is 11.9. The third-order valence-electron chi connectivity index (χ3n) is 3.50. The molecule has 16 heavy (non-hydrogen) atoms. The van der Waals surface area contributed by atoms with E-state index in [0.717, 1.165) is 39.0 Å². The van der Waals surface area contributed by atoms with Gasteiger partial charge in [-0.15, -0.1) is 0 Å². The number of hydrogen-bond donors (Lipinski definition) is 2. The van der Waals surface area contributed by atoms with Gasteiger partial charge >= 0.3 is 0 Å². The molecule has 92 valence electrons. The number of hydrogen-bond acceptors (Lipinski definition) is 3. The second kappa shape index (κ2) is 5.15. The quantitative estimate of drug-likeness (QED) is 0.749. The van der Waals surface area contributed by atoms with Crippen molar-refractivity contribution in [2.45, 2.75) is 50.7 Å². The van der Waals surface area contributed by atoms with E-state index in [1.165, 1.54) is 6.42 Å². The zero-order valence-corrected chi connectivity index (χ0v) is 10.1. The van der Waals surface area contributed by atoms with Crippen molar-refractivity contribution in [2.24, 2.45) is 0 Å². The lowest BCUT2D eigenvalue weighted by Crippen LogP contribution is -2.48. The van der Waals surface area contributed by atoms with E-state index in [2.05, 4.69) is 17.6 Å². The number of carbonyl (C=O) groups is 1. The Morgan fingerprint density at radius 3 is 3.06 bits per heavy atom. The van der Waals surface area contributed by atoms with Crippen LogP contribution in [0.15, 0.2) is 0 Å². The molecule has 0 spiro atoms. The van der Waals surface area contributed by atoms with Crippen molar-refractivity contribution >= 4 is 5.91 Å². The minimum Gasteiger partial charge on any atom is -0.378 e. The van der Waals surface area contributed by atoms with Crippen LogP contribution in [0.25, 0.3) is 0 Å². The molecule has 0 aliphatic carbocycles. The monoisotopic (exact) mass is 226 g/mol. The van der Waals surface area contributed by atoms with Crippen LogP contribution in [0.1, 0.15) is 39.0 Å². The summed E-state index contributed by atoms with van der Waals surface area (Å²) >= 11 is 0. The molecule has 0 bridgehead atoms. The highest BCUT2D eigenvalue weighted by atomic mass is 16.5. The van der Waals surface area contributed by atoms with Gasteiger partial charge in [-0.05, 0) is 39.2 Å². The van der Waals surface area contributed by atoms with Gasteiger partial charge < -0.3 is 15.4 Å². The van der Waals surface area contributed by atoms with E-state index in [9.17, 15) is 4.79 Å². The Balaban J connectivity index is 1.74. The summed E-state index contributed by atoms with van der Waals surface area (Å²) in [4.78, 5) is 11.9. The first-order valence-corrected chi connectivity index (χ1v) is 6.31. The zero-order chi connectivity index (χ0) is 11.4. The molecule has 0 saturated carbocycles. The van der Waals surface area contributed by atoms with Gasteiger partial charge in [0, 0.05) is 13.2 Å². The molecule has 4 heteroatoms. The predicted octanol–water partition coefficient (Wildman–Crippen LogP) is 0.814. The van der Waals surface area contributed by atoms with Gasteiger partial charge in [0.25, 0.3) is 0 Å². The molecule has 2 rings (SSSR count). The Kier molecular flexibility index (Phi) is 3.82. The SMILES string of the molecule is CC1(NC(=O)CC2CCCCO2)CCNC1. The molecule has 0 aromatic rings. The fourth-order valence-corrected chi connectivity index (χ4v) is 2.49. The van der Waals surface area contributed by atoms with Crippen LogP contribution in [0.4, 0.5) is 0 Å². The average molecular weight is 226 g/mol. The average Bonchev–Trinajstić information content (AvgIpc) is 2.66. The highest BCUT2D eigenvalue weighted by Crippen LogP contribution is 2.17. The summed E-state index contributed by atoms with van der Waals surface area (Å²) in [7, 11) is 0. The summed E-state index contributed by atoms with van der Waals surface area (Å²) in [5.41, 5.74) is -0.0499. The molecule has 0 aromatic heterocycles. The van der Waals surface area contributed by atoms with Crippen LogP contribution < -0.4 is 10.6 Å². The first kappa shape index (κ1) is 11.9. The van der Waals surface area contributed by atoms with Gasteiger partial charge in [0.2, 0.25) is 5.91 Å². The largest absolute Gasteiger partial charge is 0.378 e. The number of nitrogens with one attached hydrogen (secondary N) is 2. The lowest BCUT2D eigenvalue weighted by molar-refractivity contribution is -0.126. The third kappa shape index (κ3) is 3.19. The fourth-order valence-electron chi connectivity index (χ4n) is 2.49. The summed E-state index contributed by atoms with van der Waals surface area (Å²) < 4.78 is 5.57. The molecule has 2 aliphatic rings. The van der Waals surface area contributed by atoms with Crippen LogP contribution in [0.2, 0.25) is 0 Å². The third-order valence-corrected chi connectivity index (χ3v) is 3.50. The molecule has 2 saturated heterocycles. The van der Waals surface area contributed by atoms with Gasteiger partial charge in [0.15, 0.2) is 0 Å². The van der Waals surface area contributed by atoms with Crippen LogP contribution in [-0.4, -0.2) is 37.2 Å². The molecule has 2 heterocycles. The number of rotatable bonds is 3. The Morgan fingerprint density at radius 1 is 1.56 bits per heavy atom. The minimum atomic E-state index is -0.0499. The van der Waals surface area contributed by atoms with Crippen molar-refractivity contribution in [3.05, 3.63) is 0 Å². The number of amides is 1. The molecule has 2 aliphatic heterocycles. The van der Waals surface area contributed by atoms with Crippen LogP contribution in [-0.2, 0) is 9.53 Å². The maximum atomic E-state index is 11.9. The van der Waals surface area contributed by atoms with Crippen LogP contribution in [0.3, 0.4) is 0 Å². The minimum absolute atomic E-state index is 0.0499. The van der Waals surface area contributed by atoms with Crippen molar-refractivity contribution in [1.29, 1.82) is 0 Å². The summed E-state index contributed by atoms with van der Waals surface area (Å²) in [5.74, 6) is 0.137. The van der Waals surface area contributed by atoms with Gasteiger partial charge in [-0.2, -0.15) is 0 Å². The predicted molar refractivity (Wildman–Crippen MR) is 62.2 cm³/mol. The molecule has 2 fully saturated rings. The lowest BCUT2D eigenvalue weighted by Gasteiger charge is -2.27. The van der Waals surface area contributed by atoms with Crippen molar-refractivity contribution in [2.75, 3.05) is 19.7 Å². The van der Waals surface area contributed by atoms with E-state index < -0.39 is 0 Å². The van der Waals surface area contributed by atoms with E-state index in [1.807, 2.05) is 0 Å². The van der Waals surface area contributed by atoms with Crippen molar-refractivity contribution in [1.82, 2.24) is 10.6 Å². The second-order valence-corrected chi connectivity index (χ2v) is 5.23. The van der Waals surface area contributed by atoms with E-state index in [-0.39, 0.29) is 17.6 Å². The molecular formula is C12H22N2O2. The Hall–Kier alpha value is -0.610. The van der Waals surface area contributed by atoms with Crippen LogP contribution in [0, 0.1) is 0 Å². The van der Waals surface area contributed by atoms with E-state index in [0.29, 0.717) is 6.42 Å². The van der Waals surface area contributed by atoms with Crippen LogP contribution >= 0.6 is 0 Å². The summed E-state index contributed by atoms with van der Waals surface area (Å²) in [6.45, 7) is 4.80. The molecule has 2 unspecified atom stereocenters. The fraction of sp³-hybridized carbons (Fsp3) is 0.917. The highest BCUT2D eigenvalue weighted by Gasteiger charge is 2.30. The molecule has 4 nitrogen and oxygen atoms in total. The van der Waals surface area contributed by atoms with Gasteiger partial charge in [-0.3, -0.25) is 4.79 Å². The topological polar surface area (TPSA) is 50.4 Å². The first-order chi connectivity index (χ1) is 7.68. The Morgan fingerprint density at radius 2 is 2.44 bits per heavy atom. The normalized spacial score (nSPS) is 34.9. The van der Waals surface area contributed by atoms with E-state index >= 15 is 0 Å². The van der Waals surface area contributed by atoms with E-state index in [1.54, 1.807) is 0 Å². The van der Waals surface area contributed by atoms with Gasteiger partial charge in [0.05, 0.1) is 18.1 Å². The maximum Gasteiger partial charge on any atom is 0.223 e. The van der Waals surface area contributed by atoms with Gasteiger partial charge in [0.1, 0.15) is 0 Å². The molecule has 0 aromatic carbocycles. The molecule has 1 amide bonds. The van der Waals surface area contributed by atoms with E-state index in [4.69, 9.17) is 4.74 Å². The zero-order valence-electron chi connectivity index (χ0n) is 10.1. The summed E-state index contributed by atoms with van der Waals surface area (Å²) in [6, 6.07) is 0. The smallest absolute Gasteiger partial charge is 0.223 e. The number of ether oxygens (including phenoxy) is 1. The Bertz CT molecular complexity index is 243.